The fourth-order valence-corrected chi connectivity index (χ4v) is 0.706. The number of aliphatic carboxylic acids is 1. The maximum absolute atomic E-state index is 10.5. The van der Waals surface area contributed by atoms with Crippen molar-refractivity contribution < 1.29 is 24.0 Å². The molecule has 0 atom stereocenters. The Morgan fingerprint density at radius 1 is 1.71 bits per heavy atom. The first-order valence-electron chi connectivity index (χ1n) is 3.65. The molecule has 0 fully saturated rings. The quantitative estimate of drug-likeness (QED) is 0.416. The van der Waals surface area contributed by atoms with Crippen LogP contribution < -0.4 is 0 Å². The van der Waals surface area contributed by atoms with E-state index in [0.717, 1.165) is 0 Å². The predicted molar refractivity (Wildman–Crippen MR) is 44.9 cm³/mol. The van der Waals surface area contributed by atoms with Crippen LogP contribution >= 0.6 is 0 Å². The van der Waals surface area contributed by atoms with Gasteiger partial charge < -0.3 is 14.4 Å². The normalized spacial score (nSPS) is 11.0. The van der Waals surface area contributed by atoms with Crippen molar-refractivity contribution in [3.8, 4) is 0 Å². The third-order valence-electron chi connectivity index (χ3n) is 1.24. The zero-order valence-corrected chi connectivity index (χ0v) is 7.04. The van der Waals surface area contributed by atoms with E-state index in [1.807, 2.05) is 0 Å². The highest BCUT2D eigenvalue weighted by molar-refractivity contribution is 6.35. The van der Waals surface area contributed by atoms with Crippen LogP contribution in [0.4, 0.5) is 0 Å². The largest absolute Gasteiger partial charge is 0.479 e. The molecule has 0 radical (unpaired) electrons. The lowest BCUT2D eigenvalue weighted by Gasteiger charge is -1.94. The van der Waals surface area contributed by atoms with Gasteiger partial charge in [-0.25, -0.2) is 4.79 Å². The SMILES string of the molecule is O=CC(=NOCC(=O)O)c1ccco1. The van der Waals surface area contributed by atoms with Crippen molar-refractivity contribution in [2.75, 3.05) is 6.61 Å². The van der Waals surface area contributed by atoms with Gasteiger partial charge in [0.05, 0.1) is 6.26 Å². The molecule has 1 N–H and O–H groups in total. The van der Waals surface area contributed by atoms with Gasteiger partial charge in [-0.3, -0.25) is 4.79 Å². The lowest BCUT2D eigenvalue weighted by Crippen LogP contribution is -2.07. The number of carboxylic acid groups (broad SMARTS) is 1. The fourth-order valence-electron chi connectivity index (χ4n) is 0.706. The summed E-state index contributed by atoms with van der Waals surface area (Å²) in [4.78, 5) is 24.9. The molecule has 0 aliphatic heterocycles. The number of carboxylic acids is 1. The summed E-state index contributed by atoms with van der Waals surface area (Å²) in [6.07, 6.45) is 1.78. The first-order chi connectivity index (χ1) is 6.74. The van der Waals surface area contributed by atoms with Crippen LogP contribution in [-0.4, -0.2) is 29.7 Å². The topological polar surface area (TPSA) is 89.1 Å². The Kier molecular flexibility index (Phi) is 3.42. The molecule has 1 aromatic rings. The Bertz CT molecular complexity index is 341. The van der Waals surface area contributed by atoms with Crippen LogP contribution in [0, 0.1) is 0 Å². The molecule has 0 aliphatic carbocycles. The number of aldehydes is 1. The summed E-state index contributed by atoms with van der Waals surface area (Å²) in [5, 5.41) is 11.5. The van der Waals surface area contributed by atoms with Gasteiger partial charge in [0.2, 0.25) is 6.61 Å². The first-order valence-corrected chi connectivity index (χ1v) is 3.65. The van der Waals surface area contributed by atoms with E-state index in [4.69, 9.17) is 9.52 Å². The van der Waals surface area contributed by atoms with Crippen molar-refractivity contribution in [3.63, 3.8) is 0 Å². The summed E-state index contributed by atoms with van der Waals surface area (Å²) in [5.74, 6) is -0.941. The summed E-state index contributed by atoms with van der Waals surface area (Å²) < 4.78 is 4.85. The van der Waals surface area contributed by atoms with E-state index in [0.29, 0.717) is 6.29 Å². The third kappa shape index (κ3) is 2.74. The van der Waals surface area contributed by atoms with E-state index < -0.39 is 12.6 Å². The van der Waals surface area contributed by atoms with Crippen LogP contribution in [-0.2, 0) is 14.4 Å². The minimum Gasteiger partial charge on any atom is -0.479 e. The lowest BCUT2D eigenvalue weighted by molar-refractivity contribution is -0.142. The van der Waals surface area contributed by atoms with Crippen LogP contribution in [0.5, 0.6) is 0 Å². The molecule has 0 bridgehead atoms. The average Bonchev–Trinajstić information content (AvgIpc) is 2.64. The molecule has 74 valence electrons. The van der Waals surface area contributed by atoms with Gasteiger partial charge >= 0.3 is 5.97 Å². The second-order valence-electron chi connectivity index (χ2n) is 2.24. The molecule has 0 amide bonds. The van der Waals surface area contributed by atoms with Crippen molar-refractivity contribution in [3.05, 3.63) is 24.2 Å². The standard InChI is InChI=1S/C8H7NO5/c10-4-6(7-2-1-3-13-7)9-14-5-8(11)12/h1-4H,5H2,(H,11,12). The minimum absolute atomic E-state index is 0.0868. The number of rotatable bonds is 5. The van der Waals surface area contributed by atoms with Crippen molar-refractivity contribution in [2.24, 2.45) is 5.16 Å². The average molecular weight is 197 g/mol. The second-order valence-corrected chi connectivity index (χ2v) is 2.24. The lowest BCUT2D eigenvalue weighted by atomic mass is 10.3. The summed E-state index contributed by atoms with van der Waals surface area (Å²) in [5.41, 5.74) is -0.0868. The van der Waals surface area contributed by atoms with E-state index >= 15 is 0 Å². The monoisotopic (exact) mass is 197 g/mol. The van der Waals surface area contributed by atoms with Crippen LogP contribution in [0.3, 0.4) is 0 Å². The molecule has 0 aliphatic rings. The van der Waals surface area contributed by atoms with Gasteiger partial charge in [-0.2, -0.15) is 0 Å². The molecule has 6 heteroatoms. The van der Waals surface area contributed by atoms with Crippen LogP contribution in [0.25, 0.3) is 0 Å². The van der Waals surface area contributed by atoms with Crippen molar-refractivity contribution >= 4 is 18.0 Å². The first kappa shape index (κ1) is 9.97. The molecular weight excluding hydrogens is 190 g/mol. The number of oxime groups is 1. The van der Waals surface area contributed by atoms with Gasteiger partial charge in [-0.15, -0.1) is 0 Å². The van der Waals surface area contributed by atoms with Crippen molar-refractivity contribution in [1.29, 1.82) is 0 Å². The summed E-state index contributed by atoms with van der Waals surface area (Å²) in [6, 6.07) is 3.09. The van der Waals surface area contributed by atoms with Crippen LogP contribution in [0.1, 0.15) is 5.76 Å². The molecule has 1 rings (SSSR count). The third-order valence-corrected chi connectivity index (χ3v) is 1.24. The highest BCUT2D eigenvalue weighted by Crippen LogP contribution is 2.01. The Morgan fingerprint density at radius 3 is 3.00 bits per heavy atom. The molecule has 14 heavy (non-hydrogen) atoms. The second kappa shape index (κ2) is 4.80. The summed E-state index contributed by atoms with van der Waals surface area (Å²) in [6.45, 7) is -0.599. The van der Waals surface area contributed by atoms with Gasteiger partial charge in [0.1, 0.15) is 0 Å². The number of furan rings is 1. The molecule has 1 heterocycles. The molecule has 0 aromatic carbocycles. The van der Waals surface area contributed by atoms with E-state index in [-0.39, 0.29) is 11.5 Å². The number of nitrogens with zero attached hydrogens (tertiary/aromatic N) is 1. The van der Waals surface area contributed by atoms with Gasteiger partial charge in [0.25, 0.3) is 0 Å². The predicted octanol–water partition coefficient (Wildman–Crippen LogP) is 0.284. The van der Waals surface area contributed by atoms with Gasteiger partial charge in [-0.05, 0) is 12.1 Å². The number of carbonyl (C=O) groups is 2. The summed E-state index contributed by atoms with van der Waals surface area (Å²) in [7, 11) is 0. The fraction of sp³-hybridized carbons (Fsp3) is 0.125. The van der Waals surface area contributed by atoms with E-state index in [2.05, 4.69) is 9.99 Å². The van der Waals surface area contributed by atoms with Crippen molar-refractivity contribution in [2.45, 2.75) is 0 Å². The Hall–Kier alpha value is -2.11. The molecular formula is C8H7NO5. The minimum atomic E-state index is -1.17. The Labute approximate surface area is 78.8 Å². The number of hydrogen-bond donors (Lipinski definition) is 1. The Balaban J connectivity index is 2.63. The smallest absolute Gasteiger partial charge is 0.344 e. The molecule has 0 unspecified atom stereocenters. The highest BCUT2D eigenvalue weighted by Gasteiger charge is 2.06. The van der Waals surface area contributed by atoms with Crippen LogP contribution in [0.2, 0.25) is 0 Å². The molecule has 1 aromatic heterocycles. The van der Waals surface area contributed by atoms with E-state index in [9.17, 15) is 9.59 Å². The van der Waals surface area contributed by atoms with Crippen LogP contribution in [0.15, 0.2) is 28.0 Å². The zero-order chi connectivity index (χ0) is 10.4. The maximum atomic E-state index is 10.5. The highest BCUT2D eigenvalue weighted by atomic mass is 16.6. The van der Waals surface area contributed by atoms with Gasteiger partial charge in [0.15, 0.2) is 17.8 Å². The number of carbonyl (C=O) groups excluding carboxylic acids is 1. The van der Waals surface area contributed by atoms with E-state index in [1.165, 1.54) is 12.3 Å². The van der Waals surface area contributed by atoms with Gasteiger partial charge in [0, 0.05) is 0 Å². The molecule has 6 nitrogen and oxygen atoms in total. The van der Waals surface area contributed by atoms with Gasteiger partial charge in [-0.1, -0.05) is 5.16 Å². The zero-order valence-electron chi connectivity index (χ0n) is 7.04. The maximum Gasteiger partial charge on any atom is 0.344 e. The molecule has 0 saturated heterocycles. The number of hydrogen-bond acceptors (Lipinski definition) is 5. The van der Waals surface area contributed by atoms with Crippen molar-refractivity contribution in [1.82, 2.24) is 0 Å². The van der Waals surface area contributed by atoms with E-state index in [1.54, 1.807) is 6.07 Å². The molecule has 0 saturated carbocycles. The summed E-state index contributed by atoms with van der Waals surface area (Å²) >= 11 is 0. The molecule has 0 spiro atoms. The Morgan fingerprint density at radius 2 is 2.50 bits per heavy atom.